The van der Waals surface area contributed by atoms with Crippen LogP contribution in [0.25, 0.3) is 10.9 Å². The highest BCUT2D eigenvalue weighted by molar-refractivity contribution is 5.81. The summed E-state index contributed by atoms with van der Waals surface area (Å²) in [4.78, 5) is 18.2. The molecule has 0 bridgehead atoms. The fourth-order valence-electron chi connectivity index (χ4n) is 4.28. The molecule has 9 nitrogen and oxygen atoms in total. The molecule has 1 aliphatic rings. The number of hydrogen-bond acceptors (Lipinski definition) is 7. The van der Waals surface area contributed by atoms with Gasteiger partial charge in [-0.05, 0) is 72.8 Å². The van der Waals surface area contributed by atoms with Gasteiger partial charge in [-0.1, -0.05) is 24.3 Å². The van der Waals surface area contributed by atoms with Crippen molar-refractivity contribution in [2.45, 2.75) is 52.9 Å². The van der Waals surface area contributed by atoms with E-state index in [1.165, 1.54) is 0 Å². The Bertz CT molecular complexity index is 1400. The summed E-state index contributed by atoms with van der Waals surface area (Å²) in [5.41, 5.74) is 3.30. The number of hydrogen-bond donors (Lipinski definition) is 1. The minimum absolute atomic E-state index is 0.0899. The van der Waals surface area contributed by atoms with E-state index in [-0.39, 0.29) is 17.9 Å². The smallest absolute Gasteiger partial charge is 0.252 e. The van der Waals surface area contributed by atoms with Crippen molar-refractivity contribution in [2.75, 3.05) is 6.79 Å². The highest BCUT2D eigenvalue weighted by Gasteiger charge is 2.23. The van der Waals surface area contributed by atoms with Gasteiger partial charge in [-0.15, -0.1) is 5.10 Å². The van der Waals surface area contributed by atoms with Gasteiger partial charge in [0.2, 0.25) is 6.79 Å². The van der Waals surface area contributed by atoms with E-state index < -0.39 is 0 Å². The summed E-state index contributed by atoms with van der Waals surface area (Å²) < 4.78 is 12.8. The van der Waals surface area contributed by atoms with Crippen molar-refractivity contribution in [3.63, 3.8) is 0 Å². The summed E-state index contributed by atoms with van der Waals surface area (Å²) in [7, 11) is 0. The summed E-state index contributed by atoms with van der Waals surface area (Å²) in [5, 5.41) is 13.4. The Morgan fingerprint density at radius 1 is 1.06 bits per heavy atom. The van der Waals surface area contributed by atoms with Gasteiger partial charge in [0.05, 0.1) is 17.6 Å². The zero-order valence-electron chi connectivity index (χ0n) is 19.8. The quantitative estimate of drug-likeness (QED) is 0.470. The minimum Gasteiger partial charge on any atom is -0.454 e. The number of nitrogens with one attached hydrogen (secondary N) is 1. The third-order valence-corrected chi connectivity index (χ3v) is 5.94. The van der Waals surface area contributed by atoms with Gasteiger partial charge in [0.15, 0.2) is 17.3 Å². The first-order valence-electron chi connectivity index (χ1n) is 11.3. The first-order valence-corrected chi connectivity index (χ1v) is 11.3. The number of rotatable bonds is 6. The van der Waals surface area contributed by atoms with E-state index in [1.807, 2.05) is 54.1 Å². The highest BCUT2D eigenvalue weighted by Crippen LogP contribution is 2.33. The van der Waals surface area contributed by atoms with E-state index >= 15 is 0 Å². The molecule has 0 saturated carbocycles. The molecule has 0 aliphatic carbocycles. The van der Waals surface area contributed by atoms with Crippen LogP contribution in [0.2, 0.25) is 0 Å². The zero-order valence-corrected chi connectivity index (χ0v) is 19.8. The summed E-state index contributed by atoms with van der Waals surface area (Å²) in [6.45, 7) is 9.90. The Morgan fingerprint density at radius 2 is 1.88 bits per heavy atom. The lowest BCUT2D eigenvalue weighted by Crippen LogP contribution is -2.31. The molecular formula is C25H28N6O3. The van der Waals surface area contributed by atoms with Crippen molar-refractivity contribution < 1.29 is 9.47 Å². The number of fused-ring (bicyclic) bond motifs is 2. The van der Waals surface area contributed by atoms with Crippen LogP contribution in [0.5, 0.6) is 11.5 Å². The molecule has 34 heavy (non-hydrogen) atoms. The number of aromatic amines is 1. The molecule has 0 fully saturated rings. The summed E-state index contributed by atoms with van der Waals surface area (Å²) in [6, 6.07) is 13.9. The number of tetrazole rings is 1. The molecule has 0 saturated heterocycles. The van der Waals surface area contributed by atoms with Crippen LogP contribution in [-0.2, 0) is 25.2 Å². The lowest BCUT2D eigenvalue weighted by molar-refractivity contribution is 0.174. The Labute approximate surface area is 197 Å². The van der Waals surface area contributed by atoms with Gasteiger partial charge < -0.3 is 14.5 Å². The van der Waals surface area contributed by atoms with E-state index in [9.17, 15) is 4.79 Å². The van der Waals surface area contributed by atoms with Gasteiger partial charge in [0.1, 0.15) is 0 Å². The number of benzene rings is 2. The Balaban J connectivity index is 1.49. The number of para-hydroxylation sites is 1. The van der Waals surface area contributed by atoms with E-state index in [2.05, 4.69) is 46.2 Å². The molecular weight excluding hydrogens is 432 g/mol. The van der Waals surface area contributed by atoms with Crippen LogP contribution in [0.4, 0.5) is 0 Å². The Morgan fingerprint density at radius 3 is 2.71 bits per heavy atom. The monoisotopic (exact) mass is 460 g/mol. The van der Waals surface area contributed by atoms with Crippen molar-refractivity contribution >= 4 is 10.9 Å². The molecule has 0 unspecified atom stereocenters. The summed E-state index contributed by atoms with van der Waals surface area (Å²) in [6.07, 6.45) is 0. The first kappa shape index (κ1) is 22.1. The lowest BCUT2D eigenvalue weighted by atomic mass is 10.1. The molecule has 1 aliphatic heterocycles. The average Bonchev–Trinajstić information content (AvgIpc) is 3.44. The number of aryl methyl sites for hydroxylation is 1. The first-order chi connectivity index (χ1) is 16.3. The van der Waals surface area contributed by atoms with Crippen molar-refractivity contribution in [1.29, 1.82) is 0 Å². The fraction of sp³-hybridized carbons (Fsp3) is 0.360. The normalized spacial score (nSPS) is 13.2. The van der Waals surface area contributed by atoms with Crippen molar-refractivity contribution in [3.05, 3.63) is 75.3 Å². The lowest BCUT2D eigenvalue weighted by Gasteiger charge is -2.25. The molecule has 9 heteroatoms. The van der Waals surface area contributed by atoms with Crippen LogP contribution in [0, 0.1) is 6.92 Å². The van der Waals surface area contributed by atoms with Gasteiger partial charge in [0.25, 0.3) is 5.56 Å². The number of H-pyrrole nitrogens is 1. The predicted octanol–water partition coefficient (Wildman–Crippen LogP) is 3.51. The molecule has 4 aromatic rings. The van der Waals surface area contributed by atoms with Crippen molar-refractivity contribution in [3.8, 4) is 11.5 Å². The molecule has 0 spiro atoms. The topological polar surface area (TPSA) is 98.2 Å². The van der Waals surface area contributed by atoms with Gasteiger partial charge in [-0.25, -0.2) is 4.68 Å². The zero-order chi connectivity index (χ0) is 23.9. The molecule has 0 amide bonds. The average molecular weight is 461 g/mol. The fourth-order valence-corrected chi connectivity index (χ4v) is 4.28. The molecule has 176 valence electrons. The van der Waals surface area contributed by atoms with E-state index in [4.69, 9.17) is 9.47 Å². The Hall–Kier alpha value is -3.72. The third kappa shape index (κ3) is 4.38. The number of ether oxygens (including phenoxy) is 2. The minimum atomic E-state index is -0.263. The van der Waals surface area contributed by atoms with Crippen LogP contribution in [0.15, 0.2) is 47.3 Å². The van der Waals surface area contributed by atoms with Crippen LogP contribution in [-0.4, -0.2) is 36.9 Å². The number of nitrogens with zero attached hydrogens (tertiary/aromatic N) is 5. The Kier molecular flexibility index (Phi) is 5.57. The van der Waals surface area contributed by atoms with Crippen molar-refractivity contribution in [1.82, 2.24) is 30.1 Å². The maximum atomic E-state index is 13.0. The predicted molar refractivity (Wildman–Crippen MR) is 128 cm³/mol. The molecule has 5 rings (SSSR count). The molecule has 2 aromatic heterocycles. The standard InChI is InChI=1S/C25H28N6O3/c1-16-6-5-7-18-11-19(24(32)26-23(16)18)13-30(14-22-27-28-29-31(22)25(2,3)4)12-17-8-9-20-21(10-17)34-15-33-20/h5-11H,12-15H2,1-4H3,(H,26,32). The largest absolute Gasteiger partial charge is 0.454 e. The second kappa shape index (κ2) is 8.57. The van der Waals surface area contributed by atoms with Crippen LogP contribution < -0.4 is 15.0 Å². The molecule has 0 radical (unpaired) electrons. The van der Waals surface area contributed by atoms with E-state index in [0.29, 0.717) is 25.2 Å². The van der Waals surface area contributed by atoms with Crippen LogP contribution in [0.3, 0.4) is 0 Å². The maximum absolute atomic E-state index is 13.0. The SMILES string of the molecule is Cc1cccc2cc(CN(Cc3ccc4c(c3)OCO4)Cc3nnnn3C(C)(C)C)c(=O)[nH]c12. The van der Waals surface area contributed by atoms with E-state index in [1.54, 1.807) is 0 Å². The number of pyridine rings is 1. The van der Waals surface area contributed by atoms with Crippen molar-refractivity contribution in [2.24, 2.45) is 0 Å². The summed E-state index contributed by atoms with van der Waals surface area (Å²) >= 11 is 0. The van der Waals surface area contributed by atoms with Gasteiger partial charge in [-0.2, -0.15) is 0 Å². The highest BCUT2D eigenvalue weighted by atomic mass is 16.7. The van der Waals surface area contributed by atoms with Gasteiger partial charge >= 0.3 is 0 Å². The second-order valence-corrected chi connectivity index (χ2v) is 9.67. The molecule has 1 N–H and O–H groups in total. The maximum Gasteiger partial charge on any atom is 0.252 e. The second-order valence-electron chi connectivity index (χ2n) is 9.67. The summed E-state index contributed by atoms with van der Waals surface area (Å²) in [5.74, 6) is 2.21. The number of aromatic nitrogens is 5. The van der Waals surface area contributed by atoms with Crippen LogP contribution in [0.1, 0.15) is 43.3 Å². The van der Waals surface area contributed by atoms with E-state index in [0.717, 1.165) is 39.4 Å². The van der Waals surface area contributed by atoms with Crippen LogP contribution >= 0.6 is 0 Å². The molecule has 2 aromatic carbocycles. The van der Waals surface area contributed by atoms with Gasteiger partial charge in [0, 0.05) is 18.7 Å². The molecule has 3 heterocycles. The third-order valence-electron chi connectivity index (χ3n) is 5.94. The molecule has 0 atom stereocenters. The van der Waals surface area contributed by atoms with Gasteiger partial charge in [-0.3, -0.25) is 9.69 Å².